The maximum atomic E-state index is 13.3. The first-order valence-corrected chi connectivity index (χ1v) is 13.2. The second kappa shape index (κ2) is 14.1. The van der Waals surface area contributed by atoms with Crippen molar-refractivity contribution in [2.24, 2.45) is 11.7 Å². The molecule has 3 rings (SSSR count). The molecule has 5 N–H and O–H groups in total. The van der Waals surface area contributed by atoms with Gasteiger partial charge in [0.15, 0.2) is 11.5 Å². The Balaban J connectivity index is 1.66. The van der Waals surface area contributed by atoms with Gasteiger partial charge in [-0.1, -0.05) is 51.1 Å². The maximum Gasteiger partial charge on any atom is 0.417 e. The van der Waals surface area contributed by atoms with Gasteiger partial charge in [-0.2, -0.15) is 0 Å². The van der Waals surface area contributed by atoms with E-state index in [1.807, 2.05) is 19.9 Å². The first-order chi connectivity index (χ1) is 19.1. The molecular weight excluding hydrogens is 516 g/mol. The molecule has 0 aliphatic heterocycles. The minimum Gasteiger partial charge on any atom is -0.444 e. The van der Waals surface area contributed by atoms with Crippen LogP contribution in [0.5, 0.6) is 0 Å². The molecule has 0 aliphatic rings. The van der Waals surface area contributed by atoms with E-state index in [2.05, 4.69) is 20.3 Å². The van der Waals surface area contributed by atoms with Crippen LogP contribution in [0.25, 0.3) is 11.2 Å². The second-order valence-electron chi connectivity index (χ2n) is 9.75. The molecule has 2 atom stereocenters. The molecule has 40 heavy (non-hydrogen) atoms. The lowest BCUT2D eigenvalue weighted by Gasteiger charge is -2.29. The monoisotopic (exact) mass is 552 g/mol. The number of carbonyl (C=O) groups excluding carboxylic acids is 4. The van der Waals surface area contributed by atoms with Gasteiger partial charge in [0.1, 0.15) is 24.5 Å². The van der Waals surface area contributed by atoms with Gasteiger partial charge in [-0.3, -0.25) is 14.4 Å². The number of aryl methyl sites for hydroxylation is 1. The van der Waals surface area contributed by atoms with E-state index < -0.39 is 35.8 Å². The fourth-order valence-electron chi connectivity index (χ4n) is 4.18. The largest absolute Gasteiger partial charge is 0.444 e. The van der Waals surface area contributed by atoms with E-state index in [-0.39, 0.29) is 37.7 Å². The average molecular weight is 553 g/mol. The van der Waals surface area contributed by atoms with Crippen molar-refractivity contribution in [1.29, 1.82) is 0 Å². The number of ether oxygens (including phenoxy) is 1. The summed E-state index contributed by atoms with van der Waals surface area (Å²) in [5, 5.41) is 2.57. The summed E-state index contributed by atoms with van der Waals surface area (Å²) < 4.78 is 7.12. The first-order valence-electron chi connectivity index (χ1n) is 13.2. The minimum atomic E-state index is -1.37. The number of carbonyl (C=O) groups is 4. The van der Waals surface area contributed by atoms with Gasteiger partial charge in [0.2, 0.25) is 11.7 Å². The highest BCUT2D eigenvalue weighted by Gasteiger charge is 2.39. The van der Waals surface area contributed by atoms with E-state index in [9.17, 15) is 19.2 Å². The van der Waals surface area contributed by atoms with Crippen molar-refractivity contribution in [2.75, 3.05) is 12.3 Å². The smallest absolute Gasteiger partial charge is 0.417 e. The number of nitrogens with two attached hydrogens (primary N) is 2. The van der Waals surface area contributed by atoms with Crippen molar-refractivity contribution >= 4 is 40.7 Å². The Bertz CT molecular complexity index is 1330. The van der Waals surface area contributed by atoms with Crippen LogP contribution >= 0.6 is 0 Å². The number of benzene rings is 1. The highest BCUT2D eigenvalue weighted by Crippen LogP contribution is 2.16. The molecule has 0 aliphatic carbocycles. The number of nitrogens with one attached hydrogen (secondary N) is 1. The predicted octanol–water partition coefficient (Wildman–Crippen LogP) is 1.80. The maximum absolute atomic E-state index is 13.3. The summed E-state index contributed by atoms with van der Waals surface area (Å²) in [7, 11) is 0. The summed E-state index contributed by atoms with van der Waals surface area (Å²) in [4.78, 5) is 65.3. The van der Waals surface area contributed by atoms with Crippen molar-refractivity contribution in [3.05, 3.63) is 48.5 Å². The highest BCUT2D eigenvalue weighted by molar-refractivity contribution is 6.38. The zero-order valence-electron chi connectivity index (χ0n) is 22.9. The molecule has 2 heterocycles. The van der Waals surface area contributed by atoms with Crippen molar-refractivity contribution < 1.29 is 23.9 Å². The average Bonchev–Trinajstić information content (AvgIpc) is 3.36. The molecule has 0 radical (unpaired) electrons. The van der Waals surface area contributed by atoms with Gasteiger partial charge >= 0.3 is 6.09 Å². The molecule has 0 saturated heterocycles. The quantitative estimate of drug-likeness (QED) is 0.208. The number of hydrogen-bond donors (Lipinski definition) is 3. The molecule has 0 bridgehead atoms. The summed E-state index contributed by atoms with van der Waals surface area (Å²) in [6.45, 7) is 5.86. The van der Waals surface area contributed by atoms with Crippen LogP contribution in [0, 0.1) is 5.92 Å². The first kappa shape index (κ1) is 30.2. The van der Waals surface area contributed by atoms with Crippen molar-refractivity contribution in [3.8, 4) is 0 Å². The number of amides is 3. The molecule has 13 nitrogen and oxygen atoms in total. The number of Topliss-reactive ketones (excluding diaryl/α,β-unsaturated/α-hetero) is 1. The Morgan fingerprint density at radius 3 is 2.50 bits per heavy atom. The summed E-state index contributed by atoms with van der Waals surface area (Å²) >= 11 is 0. The Kier molecular flexibility index (Phi) is 10.6. The topological polar surface area (TPSA) is 188 Å². The minimum absolute atomic E-state index is 0.00891. The second-order valence-corrected chi connectivity index (χ2v) is 9.75. The van der Waals surface area contributed by atoms with Gasteiger partial charge in [-0.05, 0) is 30.7 Å². The SMILES string of the molecule is CCC(C(=O)C(=O)NCCCn1cnc2c(N)ncnc21)N(C(=O)OCc1ccccc1)C(=O)[C@@H](N)CC(C)C. The van der Waals surface area contributed by atoms with Crippen LogP contribution in [-0.4, -0.2) is 66.7 Å². The third-order valence-electron chi connectivity index (χ3n) is 6.20. The lowest BCUT2D eigenvalue weighted by Crippen LogP contribution is -2.56. The van der Waals surface area contributed by atoms with E-state index in [0.29, 0.717) is 34.6 Å². The molecule has 3 aromatic rings. The van der Waals surface area contributed by atoms with Crippen LogP contribution < -0.4 is 16.8 Å². The van der Waals surface area contributed by atoms with Crippen LogP contribution in [0.15, 0.2) is 43.0 Å². The Labute approximate surface area is 232 Å². The van der Waals surface area contributed by atoms with Crippen molar-refractivity contribution in [2.45, 2.75) is 65.3 Å². The molecule has 0 spiro atoms. The van der Waals surface area contributed by atoms with Gasteiger partial charge in [0.05, 0.1) is 12.4 Å². The third-order valence-corrected chi connectivity index (χ3v) is 6.20. The third kappa shape index (κ3) is 7.59. The van der Waals surface area contributed by atoms with Gasteiger partial charge in [-0.25, -0.2) is 24.6 Å². The van der Waals surface area contributed by atoms with Gasteiger partial charge < -0.3 is 26.1 Å². The number of imidazole rings is 1. The van der Waals surface area contributed by atoms with Crippen molar-refractivity contribution in [3.63, 3.8) is 0 Å². The molecule has 1 unspecified atom stereocenters. The molecule has 214 valence electrons. The van der Waals surface area contributed by atoms with Crippen LogP contribution in [0.4, 0.5) is 10.6 Å². The van der Waals surface area contributed by atoms with Crippen molar-refractivity contribution in [1.82, 2.24) is 29.7 Å². The summed E-state index contributed by atoms with van der Waals surface area (Å²) in [6, 6.07) is 6.49. The number of hydrogen-bond acceptors (Lipinski definition) is 10. The number of imide groups is 1. The Morgan fingerprint density at radius 1 is 1.10 bits per heavy atom. The fraction of sp³-hybridized carbons (Fsp3) is 0.444. The molecule has 0 saturated carbocycles. The van der Waals surface area contributed by atoms with E-state index in [1.165, 1.54) is 6.33 Å². The molecule has 3 amide bonds. The molecule has 13 heteroatoms. The zero-order chi connectivity index (χ0) is 29.2. The standard InChI is InChI=1S/C27H36N8O5/c1-4-20(22(36)25(37)30-11-8-12-34-16-33-21-23(29)31-15-32-24(21)34)35(26(38)19(28)13-17(2)3)27(39)40-14-18-9-6-5-7-10-18/h5-7,9-10,15-17,19-20H,4,8,11-14,28H2,1-3H3,(H,30,37)(H2,29,31,32)/t19-,20?/m0/s1. The number of fused-ring (bicyclic) bond motifs is 1. The van der Waals surface area contributed by atoms with Crippen LogP contribution in [0.3, 0.4) is 0 Å². The van der Waals surface area contributed by atoms with Gasteiger partial charge in [0, 0.05) is 13.1 Å². The fourth-order valence-corrected chi connectivity index (χ4v) is 4.18. The number of ketones is 1. The summed E-state index contributed by atoms with van der Waals surface area (Å²) in [5.74, 6) is -2.29. The van der Waals surface area contributed by atoms with Crippen LogP contribution in [-0.2, 0) is 32.3 Å². The lowest BCUT2D eigenvalue weighted by atomic mass is 10.0. The van der Waals surface area contributed by atoms with E-state index in [0.717, 1.165) is 0 Å². The summed E-state index contributed by atoms with van der Waals surface area (Å²) in [6.07, 6.45) is 2.63. The van der Waals surface area contributed by atoms with Crippen LogP contribution in [0.1, 0.15) is 45.6 Å². The molecule has 1 aromatic carbocycles. The predicted molar refractivity (Wildman–Crippen MR) is 147 cm³/mol. The highest BCUT2D eigenvalue weighted by atomic mass is 16.6. The number of aromatic nitrogens is 4. The Hall–Kier alpha value is -4.39. The normalized spacial score (nSPS) is 12.6. The van der Waals surface area contributed by atoms with E-state index in [1.54, 1.807) is 42.1 Å². The molecule has 2 aromatic heterocycles. The molecular formula is C27H36N8O5. The van der Waals surface area contributed by atoms with Crippen LogP contribution in [0.2, 0.25) is 0 Å². The molecule has 0 fully saturated rings. The number of anilines is 1. The van der Waals surface area contributed by atoms with E-state index in [4.69, 9.17) is 16.2 Å². The number of rotatable bonds is 13. The van der Waals surface area contributed by atoms with E-state index >= 15 is 0 Å². The zero-order valence-corrected chi connectivity index (χ0v) is 22.9. The lowest BCUT2D eigenvalue weighted by molar-refractivity contribution is -0.145. The van der Waals surface area contributed by atoms with Gasteiger partial charge in [-0.15, -0.1) is 0 Å². The van der Waals surface area contributed by atoms with Gasteiger partial charge in [0.25, 0.3) is 5.91 Å². The number of nitrogens with zero attached hydrogens (tertiary/aromatic N) is 5. The Morgan fingerprint density at radius 2 is 1.82 bits per heavy atom. The number of nitrogen functional groups attached to an aromatic ring is 1. The summed E-state index contributed by atoms with van der Waals surface area (Å²) in [5.41, 5.74) is 13.6.